The van der Waals surface area contributed by atoms with Gasteiger partial charge in [-0.05, 0) is 0 Å². The first-order valence-electron chi connectivity index (χ1n) is 1.19. The van der Waals surface area contributed by atoms with E-state index in [0.717, 1.165) is 0 Å². The van der Waals surface area contributed by atoms with Crippen molar-refractivity contribution in [2.24, 2.45) is 0 Å². The SMILES string of the molecule is Cl.Cl.Cl.c1nncs1. The largest absolute Gasteiger partial charge is 0.147 e. The predicted octanol–water partition coefficient (Wildman–Crippen LogP) is 1.80. The van der Waals surface area contributed by atoms with Crippen LogP contribution in [0.25, 0.3) is 0 Å². The van der Waals surface area contributed by atoms with Crippen molar-refractivity contribution in [3.8, 4) is 0 Å². The molecule has 0 saturated carbocycles. The second-order valence-electron chi connectivity index (χ2n) is 0.578. The monoisotopic (exact) mass is 194 g/mol. The van der Waals surface area contributed by atoms with Gasteiger partial charge in [0, 0.05) is 0 Å². The summed E-state index contributed by atoms with van der Waals surface area (Å²) in [6, 6.07) is 0. The maximum absolute atomic E-state index is 3.49. The molecule has 1 aromatic heterocycles. The van der Waals surface area contributed by atoms with Crippen LogP contribution >= 0.6 is 48.6 Å². The Morgan fingerprint density at radius 2 is 1.25 bits per heavy atom. The highest BCUT2D eigenvalue weighted by molar-refractivity contribution is 7.07. The average molecular weight is 196 g/mol. The Morgan fingerprint density at radius 1 is 0.875 bits per heavy atom. The summed E-state index contributed by atoms with van der Waals surface area (Å²) in [5, 5.41) is 6.98. The lowest BCUT2D eigenvalue weighted by Gasteiger charge is -1.41. The summed E-state index contributed by atoms with van der Waals surface area (Å²) >= 11 is 1.49. The lowest BCUT2D eigenvalue weighted by atomic mass is 11.6. The van der Waals surface area contributed by atoms with Gasteiger partial charge in [-0.3, -0.25) is 0 Å². The van der Waals surface area contributed by atoms with E-state index in [1.807, 2.05) is 0 Å². The van der Waals surface area contributed by atoms with Crippen LogP contribution in [0.1, 0.15) is 0 Å². The molecule has 0 radical (unpaired) electrons. The number of aromatic nitrogens is 2. The van der Waals surface area contributed by atoms with E-state index in [2.05, 4.69) is 10.2 Å². The van der Waals surface area contributed by atoms with Gasteiger partial charge in [-0.1, -0.05) is 0 Å². The van der Waals surface area contributed by atoms with Crippen molar-refractivity contribution in [2.75, 3.05) is 0 Å². The van der Waals surface area contributed by atoms with Crippen molar-refractivity contribution in [3.63, 3.8) is 0 Å². The van der Waals surface area contributed by atoms with Crippen molar-refractivity contribution in [1.29, 1.82) is 0 Å². The quantitative estimate of drug-likeness (QED) is 0.631. The molecule has 0 atom stereocenters. The fraction of sp³-hybridized carbons (Fsp3) is 0. The molecule has 1 aromatic rings. The molecule has 0 aliphatic carbocycles. The van der Waals surface area contributed by atoms with Gasteiger partial charge in [0.15, 0.2) is 0 Å². The van der Waals surface area contributed by atoms with Crippen molar-refractivity contribution in [1.82, 2.24) is 10.2 Å². The molecule has 0 aliphatic heterocycles. The van der Waals surface area contributed by atoms with Crippen LogP contribution in [0.5, 0.6) is 0 Å². The minimum atomic E-state index is 0. The van der Waals surface area contributed by atoms with Gasteiger partial charge in [0.05, 0.1) is 0 Å². The van der Waals surface area contributed by atoms with E-state index in [1.165, 1.54) is 11.3 Å². The van der Waals surface area contributed by atoms with Crippen LogP contribution in [-0.2, 0) is 0 Å². The van der Waals surface area contributed by atoms with Gasteiger partial charge in [0.2, 0.25) is 0 Å². The summed E-state index contributed by atoms with van der Waals surface area (Å²) in [6.45, 7) is 0. The summed E-state index contributed by atoms with van der Waals surface area (Å²) in [5.74, 6) is 0. The molecule has 0 bridgehead atoms. The molecule has 0 unspecified atom stereocenters. The lowest BCUT2D eigenvalue weighted by molar-refractivity contribution is 1.09. The Hall–Kier alpha value is 0.430. The van der Waals surface area contributed by atoms with E-state index in [9.17, 15) is 0 Å². The van der Waals surface area contributed by atoms with Crippen LogP contribution in [0.3, 0.4) is 0 Å². The summed E-state index contributed by atoms with van der Waals surface area (Å²) in [6.07, 6.45) is 0. The molecular weight excluding hydrogens is 190 g/mol. The van der Waals surface area contributed by atoms with Gasteiger partial charge in [0.25, 0.3) is 0 Å². The van der Waals surface area contributed by atoms with Crippen LogP contribution in [0.2, 0.25) is 0 Å². The fourth-order valence-corrected chi connectivity index (χ4v) is 0.408. The van der Waals surface area contributed by atoms with Gasteiger partial charge in [-0.2, -0.15) is 0 Å². The van der Waals surface area contributed by atoms with Crippen LogP contribution in [-0.4, -0.2) is 10.2 Å². The molecule has 8 heavy (non-hydrogen) atoms. The highest BCUT2D eigenvalue weighted by Gasteiger charge is 1.60. The molecule has 0 N–H and O–H groups in total. The second kappa shape index (κ2) is 10.4. The Kier molecular flexibility index (Phi) is 20.6. The number of nitrogens with zero attached hydrogens (tertiary/aromatic N) is 2. The van der Waals surface area contributed by atoms with Gasteiger partial charge < -0.3 is 0 Å². The average Bonchev–Trinajstić information content (AvgIpc) is 1.76. The molecule has 0 aliphatic rings. The second-order valence-corrected chi connectivity index (χ2v) is 1.27. The van der Waals surface area contributed by atoms with Crippen molar-refractivity contribution >= 4 is 48.6 Å². The summed E-state index contributed by atoms with van der Waals surface area (Å²) in [4.78, 5) is 0. The number of halogens is 3. The molecule has 2 nitrogen and oxygen atoms in total. The minimum absolute atomic E-state index is 0. The number of hydrogen-bond acceptors (Lipinski definition) is 3. The molecule has 0 amide bonds. The maximum atomic E-state index is 3.49. The third-order valence-electron chi connectivity index (χ3n) is 0.283. The van der Waals surface area contributed by atoms with E-state index in [-0.39, 0.29) is 37.2 Å². The first kappa shape index (κ1) is 15.8. The van der Waals surface area contributed by atoms with Crippen molar-refractivity contribution in [2.45, 2.75) is 0 Å². The lowest BCUT2D eigenvalue weighted by Crippen LogP contribution is -1.53. The molecule has 1 heterocycles. The van der Waals surface area contributed by atoms with E-state index in [4.69, 9.17) is 0 Å². The molecule has 6 heteroatoms. The van der Waals surface area contributed by atoms with Gasteiger partial charge in [-0.25, -0.2) is 0 Å². The Morgan fingerprint density at radius 3 is 1.38 bits per heavy atom. The minimum Gasteiger partial charge on any atom is -0.147 e. The zero-order valence-corrected chi connectivity index (χ0v) is 6.95. The van der Waals surface area contributed by atoms with Crippen molar-refractivity contribution in [3.05, 3.63) is 11.0 Å². The molecular formula is C2H5Cl3N2S. The topological polar surface area (TPSA) is 25.8 Å². The Balaban J connectivity index is -0.0000000833. The van der Waals surface area contributed by atoms with Crippen LogP contribution in [0, 0.1) is 0 Å². The van der Waals surface area contributed by atoms with Crippen LogP contribution in [0.15, 0.2) is 11.0 Å². The third-order valence-corrected chi connectivity index (χ3v) is 0.715. The number of rotatable bonds is 0. The first-order chi connectivity index (χ1) is 2.50. The van der Waals surface area contributed by atoms with Crippen LogP contribution in [0.4, 0.5) is 0 Å². The number of hydrogen-bond donors (Lipinski definition) is 0. The standard InChI is InChI=1S/C2H2N2S.3ClH/c1-3-4-2-5-1;;;/h1-2H;3*1H. The smallest absolute Gasteiger partial charge is 0.103 e. The Labute approximate surface area is 69.9 Å². The highest BCUT2D eigenvalue weighted by Crippen LogP contribution is 1.80. The predicted molar refractivity (Wildman–Crippen MR) is 41.7 cm³/mol. The normalized spacial score (nSPS) is 5.00. The summed E-state index contributed by atoms with van der Waals surface area (Å²) in [7, 11) is 0. The summed E-state index contributed by atoms with van der Waals surface area (Å²) in [5.41, 5.74) is 3.36. The zero-order chi connectivity index (χ0) is 3.54. The fourth-order valence-electron chi connectivity index (χ4n) is 0.136. The van der Waals surface area contributed by atoms with Gasteiger partial charge >= 0.3 is 0 Å². The first-order valence-corrected chi connectivity index (χ1v) is 2.13. The molecule has 0 spiro atoms. The van der Waals surface area contributed by atoms with E-state index in [1.54, 1.807) is 11.0 Å². The molecule has 0 aromatic carbocycles. The van der Waals surface area contributed by atoms with Gasteiger partial charge in [-0.15, -0.1) is 58.8 Å². The highest BCUT2D eigenvalue weighted by atomic mass is 35.5. The molecule has 0 saturated heterocycles. The van der Waals surface area contributed by atoms with Crippen LogP contribution < -0.4 is 0 Å². The maximum Gasteiger partial charge on any atom is 0.103 e. The molecule has 50 valence electrons. The van der Waals surface area contributed by atoms with E-state index < -0.39 is 0 Å². The molecule has 0 fully saturated rings. The Bertz CT molecular complexity index is 71.8. The van der Waals surface area contributed by atoms with E-state index in [0.29, 0.717) is 0 Å². The van der Waals surface area contributed by atoms with Crippen molar-refractivity contribution < 1.29 is 0 Å². The molecule has 1 rings (SSSR count). The van der Waals surface area contributed by atoms with E-state index >= 15 is 0 Å². The summed E-state index contributed by atoms with van der Waals surface area (Å²) < 4.78 is 0. The van der Waals surface area contributed by atoms with Gasteiger partial charge in [0.1, 0.15) is 11.0 Å². The zero-order valence-electron chi connectivity index (χ0n) is 3.68. The third kappa shape index (κ3) is 6.43.